The molecule has 82 valence electrons. The minimum Gasteiger partial charge on any atom is -0.363 e. The fourth-order valence-corrected chi connectivity index (χ4v) is 2.60. The number of rotatable bonds is 2. The van der Waals surface area contributed by atoms with Crippen LogP contribution in [0.2, 0.25) is 5.28 Å². The summed E-state index contributed by atoms with van der Waals surface area (Å²) in [5.74, 6) is 0.675. The summed E-state index contributed by atoms with van der Waals surface area (Å²) in [5.41, 5.74) is 0. The summed E-state index contributed by atoms with van der Waals surface area (Å²) in [4.78, 5) is 7.38. The van der Waals surface area contributed by atoms with Gasteiger partial charge in [-0.1, -0.05) is 0 Å². The Hall–Kier alpha value is -0.550. The Kier molecular flexibility index (Phi) is 2.77. The second-order valence-corrected chi connectivity index (χ2v) is 5.96. The minimum atomic E-state index is -0.466. The van der Waals surface area contributed by atoms with E-state index in [9.17, 15) is 4.39 Å². The number of hydrogen-bond donors (Lipinski definition) is 1. The van der Waals surface area contributed by atoms with Crippen molar-refractivity contribution in [2.75, 3.05) is 11.1 Å². The van der Waals surface area contributed by atoms with Gasteiger partial charge < -0.3 is 5.32 Å². The van der Waals surface area contributed by atoms with Crippen LogP contribution in [0.1, 0.15) is 13.8 Å². The summed E-state index contributed by atoms with van der Waals surface area (Å²) in [7, 11) is 0. The first kappa shape index (κ1) is 11.0. The predicted molar refractivity (Wildman–Crippen MR) is 60.9 cm³/mol. The SMILES string of the molecule is CC1(C)SCC1Nc1nc(Cl)ncc1F. The Morgan fingerprint density at radius 3 is 2.93 bits per heavy atom. The Morgan fingerprint density at radius 1 is 1.67 bits per heavy atom. The van der Waals surface area contributed by atoms with Gasteiger partial charge in [0.15, 0.2) is 11.6 Å². The molecule has 1 atom stereocenters. The molecule has 0 radical (unpaired) electrons. The van der Waals surface area contributed by atoms with E-state index in [0.717, 1.165) is 11.9 Å². The summed E-state index contributed by atoms with van der Waals surface area (Å²) >= 11 is 7.44. The lowest BCUT2D eigenvalue weighted by molar-refractivity contribution is 0.560. The Labute approximate surface area is 96.8 Å². The number of anilines is 1. The van der Waals surface area contributed by atoms with Crippen LogP contribution >= 0.6 is 23.4 Å². The maximum atomic E-state index is 13.3. The van der Waals surface area contributed by atoms with E-state index < -0.39 is 5.82 Å². The summed E-state index contributed by atoms with van der Waals surface area (Å²) < 4.78 is 13.4. The predicted octanol–water partition coefficient (Wildman–Crippen LogP) is 2.58. The van der Waals surface area contributed by atoms with Crippen molar-refractivity contribution in [1.29, 1.82) is 0 Å². The van der Waals surface area contributed by atoms with E-state index in [4.69, 9.17) is 11.6 Å². The molecule has 1 unspecified atom stereocenters. The van der Waals surface area contributed by atoms with Crippen LogP contribution in [0.15, 0.2) is 6.20 Å². The van der Waals surface area contributed by atoms with E-state index in [-0.39, 0.29) is 21.9 Å². The first-order valence-electron chi connectivity index (χ1n) is 4.57. The van der Waals surface area contributed by atoms with Gasteiger partial charge in [-0.25, -0.2) is 9.37 Å². The van der Waals surface area contributed by atoms with Crippen molar-refractivity contribution in [2.24, 2.45) is 0 Å². The van der Waals surface area contributed by atoms with Gasteiger partial charge in [0.05, 0.1) is 12.2 Å². The standard InChI is InChI=1S/C9H11ClFN3S/c1-9(2)6(4-15-9)13-7-5(11)3-12-8(10)14-7/h3,6H,4H2,1-2H3,(H,12,13,14). The first-order chi connectivity index (χ1) is 6.99. The van der Waals surface area contributed by atoms with Crippen molar-refractivity contribution in [3.63, 3.8) is 0 Å². The molecular formula is C9H11ClFN3S. The molecule has 0 aromatic carbocycles. The van der Waals surface area contributed by atoms with Gasteiger partial charge in [-0.2, -0.15) is 16.7 Å². The first-order valence-corrected chi connectivity index (χ1v) is 5.94. The minimum absolute atomic E-state index is 0.0590. The average Bonchev–Trinajstić information content (AvgIpc) is 2.18. The lowest BCUT2D eigenvalue weighted by Gasteiger charge is -2.44. The lowest BCUT2D eigenvalue weighted by atomic mass is 10.0. The largest absolute Gasteiger partial charge is 0.363 e. The summed E-state index contributed by atoms with van der Waals surface area (Å²) in [6, 6.07) is 0.225. The van der Waals surface area contributed by atoms with Crippen molar-refractivity contribution in [2.45, 2.75) is 24.6 Å². The quantitative estimate of drug-likeness (QED) is 0.816. The molecular weight excluding hydrogens is 237 g/mol. The van der Waals surface area contributed by atoms with Crippen LogP contribution in [0, 0.1) is 5.82 Å². The van der Waals surface area contributed by atoms with Gasteiger partial charge >= 0.3 is 0 Å². The highest BCUT2D eigenvalue weighted by Gasteiger charge is 2.39. The normalized spacial score (nSPS) is 23.3. The fraction of sp³-hybridized carbons (Fsp3) is 0.556. The lowest BCUT2D eigenvalue weighted by Crippen LogP contribution is -2.50. The fourth-order valence-electron chi connectivity index (χ4n) is 1.33. The van der Waals surface area contributed by atoms with Gasteiger partial charge in [0.25, 0.3) is 0 Å². The highest BCUT2D eigenvalue weighted by molar-refractivity contribution is 8.02. The number of nitrogens with one attached hydrogen (secondary N) is 1. The van der Waals surface area contributed by atoms with Gasteiger partial charge in [-0.3, -0.25) is 0 Å². The van der Waals surface area contributed by atoms with Gasteiger partial charge in [0.1, 0.15) is 0 Å². The molecule has 1 N–H and O–H groups in total. The summed E-state index contributed by atoms with van der Waals surface area (Å²) in [6.07, 6.45) is 1.08. The monoisotopic (exact) mass is 247 g/mol. The van der Waals surface area contributed by atoms with E-state index in [2.05, 4.69) is 29.1 Å². The molecule has 0 spiro atoms. The van der Waals surface area contributed by atoms with Crippen LogP contribution in [-0.4, -0.2) is 26.5 Å². The van der Waals surface area contributed by atoms with Gasteiger partial charge in [-0.05, 0) is 25.4 Å². The van der Waals surface area contributed by atoms with Crippen LogP contribution in [0.5, 0.6) is 0 Å². The molecule has 2 heterocycles. The molecule has 1 aromatic heterocycles. The maximum absolute atomic E-state index is 13.3. The molecule has 1 aliphatic heterocycles. The van der Waals surface area contributed by atoms with Crippen molar-refractivity contribution < 1.29 is 4.39 Å². The van der Waals surface area contributed by atoms with Crippen LogP contribution in [-0.2, 0) is 0 Å². The highest BCUT2D eigenvalue weighted by atomic mass is 35.5. The number of aromatic nitrogens is 2. The summed E-state index contributed by atoms with van der Waals surface area (Å²) in [5, 5.41) is 3.11. The summed E-state index contributed by atoms with van der Waals surface area (Å²) in [6.45, 7) is 4.22. The van der Waals surface area contributed by atoms with E-state index >= 15 is 0 Å². The van der Waals surface area contributed by atoms with Crippen LogP contribution in [0.4, 0.5) is 10.2 Å². The molecule has 0 bridgehead atoms. The molecule has 15 heavy (non-hydrogen) atoms. The number of hydrogen-bond acceptors (Lipinski definition) is 4. The molecule has 3 nitrogen and oxygen atoms in total. The second-order valence-electron chi connectivity index (χ2n) is 3.95. The molecule has 0 aliphatic carbocycles. The van der Waals surface area contributed by atoms with E-state index in [1.807, 2.05) is 11.8 Å². The van der Waals surface area contributed by atoms with Crippen LogP contribution < -0.4 is 5.32 Å². The van der Waals surface area contributed by atoms with Gasteiger partial charge in [0, 0.05) is 10.5 Å². The molecule has 1 saturated heterocycles. The van der Waals surface area contributed by atoms with E-state index in [1.165, 1.54) is 0 Å². The average molecular weight is 248 g/mol. The third kappa shape index (κ3) is 2.18. The van der Waals surface area contributed by atoms with Gasteiger partial charge in [0.2, 0.25) is 5.28 Å². The van der Waals surface area contributed by atoms with E-state index in [1.54, 1.807) is 0 Å². The second kappa shape index (κ2) is 3.79. The highest BCUT2D eigenvalue weighted by Crippen LogP contribution is 2.41. The molecule has 6 heteroatoms. The molecule has 1 aromatic rings. The van der Waals surface area contributed by atoms with Crippen molar-refractivity contribution >= 4 is 29.2 Å². The zero-order chi connectivity index (χ0) is 11.1. The third-order valence-electron chi connectivity index (χ3n) is 2.49. The third-order valence-corrected chi connectivity index (χ3v) is 4.20. The van der Waals surface area contributed by atoms with Crippen LogP contribution in [0.3, 0.4) is 0 Å². The zero-order valence-electron chi connectivity index (χ0n) is 8.42. The molecule has 2 rings (SSSR count). The number of thioether (sulfide) groups is 1. The Balaban J connectivity index is 2.14. The van der Waals surface area contributed by atoms with Gasteiger partial charge in [-0.15, -0.1) is 0 Å². The zero-order valence-corrected chi connectivity index (χ0v) is 9.99. The van der Waals surface area contributed by atoms with E-state index in [0.29, 0.717) is 0 Å². The molecule has 0 saturated carbocycles. The number of nitrogens with zero attached hydrogens (tertiary/aromatic N) is 2. The smallest absolute Gasteiger partial charge is 0.224 e. The molecule has 1 fully saturated rings. The van der Waals surface area contributed by atoms with Crippen LogP contribution in [0.25, 0.3) is 0 Å². The van der Waals surface area contributed by atoms with Crippen molar-refractivity contribution in [1.82, 2.24) is 9.97 Å². The Bertz CT molecular complexity index is 386. The van der Waals surface area contributed by atoms with Crippen molar-refractivity contribution in [3.8, 4) is 0 Å². The maximum Gasteiger partial charge on any atom is 0.224 e. The molecule has 0 amide bonds. The Morgan fingerprint density at radius 2 is 2.40 bits per heavy atom. The topological polar surface area (TPSA) is 37.8 Å². The molecule has 1 aliphatic rings. The number of halogens is 2. The van der Waals surface area contributed by atoms with Crippen molar-refractivity contribution in [3.05, 3.63) is 17.3 Å².